The van der Waals surface area contributed by atoms with Crippen molar-refractivity contribution < 1.29 is 22.7 Å². The molecule has 2 amide bonds. The summed E-state index contributed by atoms with van der Waals surface area (Å²) in [6.07, 6.45) is 1.98. The molecule has 3 rings (SSSR count). The van der Waals surface area contributed by atoms with Crippen LogP contribution in [-0.2, 0) is 14.8 Å². The lowest BCUT2D eigenvalue weighted by atomic mass is 10.0. The predicted octanol–water partition coefficient (Wildman–Crippen LogP) is 2.87. The van der Waals surface area contributed by atoms with Gasteiger partial charge in [0.05, 0.1) is 17.6 Å². The monoisotopic (exact) mass is 459 g/mol. The molecule has 8 nitrogen and oxygen atoms in total. The van der Waals surface area contributed by atoms with Crippen LogP contribution >= 0.6 is 0 Å². The number of methoxy groups -OCH3 is 1. The van der Waals surface area contributed by atoms with E-state index in [1.54, 1.807) is 36.4 Å². The van der Waals surface area contributed by atoms with Crippen LogP contribution in [0.1, 0.15) is 36.5 Å². The topological polar surface area (TPSA) is 105 Å². The average molecular weight is 460 g/mol. The Morgan fingerprint density at radius 1 is 1.12 bits per heavy atom. The summed E-state index contributed by atoms with van der Waals surface area (Å²) < 4.78 is 32.3. The number of carbonyl (C=O) groups excluding carboxylic acids is 2. The average Bonchev–Trinajstić information content (AvgIpc) is 2.79. The molecule has 1 saturated heterocycles. The third-order valence-electron chi connectivity index (χ3n) is 5.38. The fourth-order valence-corrected chi connectivity index (χ4v) is 5.26. The van der Waals surface area contributed by atoms with Gasteiger partial charge >= 0.3 is 0 Å². The molecule has 32 heavy (non-hydrogen) atoms. The second-order valence-corrected chi connectivity index (χ2v) is 9.83. The fourth-order valence-electron chi connectivity index (χ4n) is 3.66. The number of hydrogen-bond donors (Lipinski definition) is 2. The minimum Gasteiger partial charge on any atom is -0.496 e. The Bertz CT molecular complexity index is 1050. The van der Waals surface area contributed by atoms with Gasteiger partial charge in [0.25, 0.3) is 5.91 Å². The molecule has 0 spiro atoms. The number of anilines is 1. The van der Waals surface area contributed by atoms with E-state index in [2.05, 4.69) is 17.6 Å². The standard InChI is InChI=1S/C23H29N3O5S/c1-17-6-5-15-26(16-17)32(29,30)19-11-9-18(10-12-19)25-22(27)13-14-24-23(28)20-7-3-4-8-21(20)31-2/h3-4,7-12,17H,5-6,13-16H2,1-2H3,(H,24,28)(H,25,27)/t17-/m0/s1. The third-order valence-corrected chi connectivity index (χ3v) is 7.26. The van der Waals surface area contributed by atoms with Gasteiger partial charge in [-0.2, -0.15) is 4.31 Å². The molecule has 2 N–H and O–H groups in total. The van der Waals surface area contributed by atoms with Crippen LogP contribution in [0.4, 0.5) is 5.69 Å². The Balaban J connectivity index is 1.51. The molecule has 0 aliphatic carbocycles. The van der Waals surface area contributed by atoms with Crippen LogP contribution in [0.2, 0.25) is 0 Å². The lowest BCUT2D eigenvalue weighted by Gasteiger charge is -2.30. The first-order valence-corrected chi connectivity index (χ1v) is 12.1. The number of piperidine rings is 1. The highest BCUT2D eigenvalue weighted by Crippen LogP contribution is 2.24. The summed E-state index contributed by atoms with van der Waals surface area (Å²) in [6, 6.07) is 13.0. The van der Waals surface area contributed by atoms with E-state index in [0.29, 0.717) is 36.0 Å². The Hall–Kier alpha value is -2.91. The van der Waals surface area contributed by atoms with Gasteiger partial charge in [-0.25, -0.2) is 8.42 Å². The van der Waals surface area contributed by atoms with Crippen LogP contribution < -0.4 is 15.4 Å². The molecule has 0 aromatic heterocycles. The number of benzene rings is 2. The number of carbonyl (C=O) groups is 2. The second kappa shape index (κ2) is 10.6. The van der Waals surface area contributed by atoms with Crippen molar-refractivity contribution in [2.45, 2.75) is 31.1 Å². The van der Waals surface area contributed by atoms with Gasteiger partial charge in [-0.1, -0.05) is 19.1 Å². The van der Waals surface area contributed by atoms with Gasteiger partial charge in [0.1, 0.15) is 5.75 Å². The molecule has 9 heteroatoms. The maximum Gasteiger partial charge on any atom is 0.255 e. The summed E-state index contributed by atoms with van der Waals surface area (Å²) in [5.41, 5.74) is 0.896. The molecular formula is C23H29N3O5S. The predicted molar refractivity (Wildman–Crippen MR) is 122 cm³/mol. The Labute approximate surface area is 189 Å². The summed E-state index contributed by atoms with van der Waals surface area (Å²) in [5, 5.41) is 5.41. The van der Waals surface area contributed by atoms with E-state index < -0.39 is 10.0 Å². The summed E-state index contributed by atoms with van der Waals surface area (Å²) in [4.78, 5) is 24.7. The minimum atomic E-state index is -3.53. The Morgan fingerprint density at radius 3 is 2.53 bits per heavy atom. The second-order valence-electron chi connectivity index (χ2n) is 7.89. The number of ether oxygens (including phenoxy) is 1. The maximum absolute atomic E-state index is 12.8. The van der Waals surface area contributed by atoms with Crippen molar-refractivity contribution in [3.8, 4) is 5.75 Å². The Kier molecular flexibility index (Phi) is 7.87. The molecule has 2 aromatic rings. The van der Waals surface area contributed by atoms with Crippen molar-refractivity contribution in [3.05, 3.63) is 54.1 Å². The number of amides is 2. The van der Waals surface area contributed by atoms with Gasteiger partial charge in [0, 0.05) is 31.7 Å². The van der Waals surface area contributed by atoms with Gasteiger partial charge in [0.15, 0.2) is 0 Å². The molecule has 0 saturated carbocycles. The van der Waals surface area contributed by atoms with Crippen molar-refractivity contribution >= 4 is 27.5 Å². The highest BCUT2D eigenvalue weighted by molar-refractivity contribution is 7.89. The van der Waals surface area contributed by atoms with Gasteiger partial charge in [-0.3, -0.25) is 9.59 Å². The van der Waals surface area contributed by atoms with Crippen LogP contribution in [0.25, 0.3) is 0 Å². The van der Waals surface area contributed by atoms with Gasteiger partial charge in [-0.15, -0.1) is 0 Å². The van der Waals surface area contributed by atoms with Crippen LogP contribution in [0, 0.1) is 5.92 Å². The lowest BCUT2D eigenvalue weighted by Crippen LogP contribution is -2.39. The van der Waals surface area contributed by atoms with E-state index in [1.165, 1.54) is 23.5 Å². The van der Waals surface area contributed by atoms with E-state index in [1.807, 2.05) is 0 Å². The van der Waals surface area contributed by atoms with Gasteiger partial charge in [-0.05, 0) is 55.2 Å². The highest BCUT2D eigenvalue weighted by atomic mass is 32.2. The fraction of sp³-hybridized carbons (Fsp3) is 0.391. The largest absolute Gasteiger partial charge is 0.496 e. The number of para-hydroxylation sites is 1. The number of nitrogens with one attached hydrogen (secondary N) is 2. The summed E-state index contributed by atoms with van der Waals surface area (Å²) >= 11 is 0. The van der Waals surface area contributed by atoms with E-state index in [4.69, 9.17) is 4.74 Å². The van der Waals surface area contributed by atoms with E-state index in [-0.39, 0.29) is 29.7 Å². The summed E-state index contributed by atoms with van der Waals surface area (Å²) in [6.45, 7) is 3.27. The first-order chi connectivity index (χ1) is 15.3. The van der Waals surface area contributed by atoms with Crippen molar-refractivity contribution in [1.82, 2.24) is 9.62 Å². The maximum atomic E-state index is 12.8. The smallest absolute Gasteiger partial charge is 0.255 e. The quantitative estimate of drug-likeness (QED) is 0.632. The van der Waals surface area contributed by atoms with E-state index in [0.717, 1.165) is 12.8 Å². The van der Waals surface area contributed by atoms with Crippen molar-refractivity contribution in [2.24, 2.45) is 5.92 Å². The molecule has 1 heterocycles. The van der Waals surface area contributed by atoms with E-state index in [9.17, 15) is 18.0 Å². The number of sulfonamides is 1. The summed E-state index contributed by atoms with van der Waals surface area (Å²) in [5.74, 6) is 0.201. The van der Waals surface area contributed by atoms with Crippen LogP contribution in [0.3, 0.4) is 0 Å². The third kappa shape index (κ3) is 5.86. The number of rotatable bonds is 8. The molecule has 1 aliphatic rings. The number of nitrogens with zero attached hydrogens (tertiary/aromatic N) is 1. The molecule has 1 aliphatic heterocycles. The number of hydrogen-bond acceptors (Lipinski definition) is 5. The first-order valence-electron chi connectivity index (χ1n) is 10.6. The zero-order chi connectivity index (χ0) is 23.1. The van der Waals surface area contributed by atoms with Crippen molar-refractivity contribution in [3.63, 3.8) is 0 Å². The molecule has 1 atom stereocenters. The van der Waals surface area contributed by atoms with Crippen LogP contribution in [0.15, 0.2) is 53.4 Å². The van der Waals surface area contributed by atoms with Crippen LogP contribution in [-0.4, -0.2) is 51.3 Å². The Morgan fingerprint density at radius 2 is 1.84 bits per heavy atom. The molecular weight excluding hydrogens is 430 g/mol. The lowest BCUT2D eigenvalue weighted by molar-refractivity contribution is -0.116. The highest BCUT2D eigenvalue weighted by Gasteiger charge is 2.28. The van der Waals surface area contributed by atoms with Gasteiger partial charge in [0.2, 0.25) is 15.9 Å². The van der Waals surface area contributed by atoms with Gasteiger partial charge < -0.3 is 15.4 Å². The van der Waals surface area contributed by atoms with Crippen molar-refractivity contribution in [1.29, 1.82) is 0 Å². The molecule has 0 radical (unpaired) electrons. The van der Waals surface area contributed by atoms with Crippen molar-refractivity contribution in [2.75, 3.05) is 32.1 Å². The molecule has 172 valence electrons. The molecule has 0 unspecified atom stereocenters. The first kappa shape index (κ1) is 23.7. The normalized spacial score (nSPS) is 16.9. The zero-order valence-electron chi connectivity index (χ0n) is 18.3. The minimum absolute atomic E-state index is 0.0760. The van der Waals surface area contributed by atoms with Crippen LogP contribution in [0.5, 0.6) is 5.75 Å². The molecule has 0 bridgehead atoms. The molecule has 1 fully saturated rings. The molecule has 2 aromatic carbocycles. The SMILES string of the molecule is COc1ccccc1C(=O)NCCC(=O)Nc1ccc(S(=O)(=O)N2CCC[C@H](C)C2)cc1. The van der Waals surface area contributed by atoms with E-state index >= 15 is 0 Å². The summed E-state index contributed by atoms with van der Waals surface area (Å²) in [7, 11) is -2.04. The zero-order valence-corrected chi connectivity index (χ0v) is 19.2.